The van der Waals surface area contributed by atoms with Crippen molar-refractivity contribution in [2.45, 2.75) is 10.0 Å². The molecular formula is C12H12Cl2N2OS. The van der Waals surface area contributed by atoms with Gasteiger partial charge in [-0.1, -0.05) is 47.7 Å². The van der Waals surface area contributed by atoms with Crippen LogP contribution in [0.4, 0.5) is 0 Å². The molecule has 0 fully saturated rings. The first-order chi connectivity index (χ1) is 8.61. The van der Waals surface area contributed by atoms with Gasteiger partial charge in [0, 0.05) is 17.7 Å². The topological polar surface area (TPSA) is 46.0 Å². The molecule has 0 bridgehead atoms. The maximum Gasteiger partial charge on any atom is 0.188 e. The Morgan fingerprint density at radius 1 is 1.50 bits per heavy atom. The molecule has 0 radical (unpaired) electrons. The molecule has 0 saturated carbocycles. The highest BCUT2D eigenvalue weighted by molar-refractivity contribution is 7.98. The minimum Gasteiger partial charge on any atom is -0.396 e. The molecule has 0 spiro atoms. The third-order valence-electron chi connectivity index (χ3n) is 2.85. The Hall–Kier alpha value is -0.550. The fourth-order valence-electron chi connectivity index (χ4n) is 1.84. The Bertz CT molecular complexity index is 507. The molecule has 1 aromatic heterocycles. The van der Waals surface area contributed by atoms with Gasteiger partial charge in [-0.15, -0.1) is 11.6 Å². The molecular weight excluding hydrogens is 291 g/mol. The largest absolute Gasteiger partial charge is 0.396 e. The molecule has 0 saturated heterocycles. The van der Waals surface area contributed by atoms with Gasteiger partial charge in [-0.2, -0.15) is 0 Å². The Kier molecular flexibility index (Phi) is 4.33. The van der Waals surface area contributed by atoms with Crippen LogP contribution < -0.4 is 0 Å². The zero-order chi connectivity index (χ0) is 13.2. The summed E-state index contributed by atoms with van der Waals surface area (Å²) in [5.74, 6) is -0.245. The predicted molar refractivity (Wildman–Crippen MR) is 75.2 cm³/mol. The van der Waals surface area contributed by atoms with Crippen molar-refractivity contribution in [3.8, 4) is 0 Å². The van der Waals surface area contributed by atoms with Crippen LogP contribution >= 0.6 is 35.0 Å². The predicted octanol–water partition coefficient (Wildman–Crippen LogP) is 3.02. The van der Waals surface area contributed by atoms with Crippen LogP contribution in [0.3, 0.4) is 0 Å². The lowest BCUT2D eigenvalue weighted by Crippen LogP contribution is -2.31. The first kappa shape index (κ1) is 13.9. The summed E-state index contributed by atoms with van der Waals surface area (Å²) in [5.41, 5.74) is 0.614. The third kappa shape index (κ3) is 2.43. The SMILES string of the molecule is CSc1ncc(C2(Cl)C=CC=CC2CO)c(Cl)n1. The van der Waals surface area contributed by atoms with Crippen molar-refractivity contribution < 1.29 is 5.11 Å². The molecule has 0 aliphatic heterocycles. The summed E-state index contributed by atoms with van der Waals surface area (Å²) >= 11 is 14.2. The Labute approximate surface area is 120 Å². The molecule has 2 atom stereocenters. The number of thioether (sulfide) groups is 1. The second-order valence-corrected chi connectivity index (χ2v) is 5.62. The smallest absolute Gasteiger partial charge is 0.188 e. The number of allylic oxidation sites excluding steroid dienone is 3. The molecule has 1 aromatic rings. The molecule has 0 aromatic carbocycles. The molecule has 0 amide bonds. The maximum absolute atomic E-state index is 9.42. The van der Waals surface area contributed by atoms with Gasteiger partial charge in [-0.25, -0.2) is 9.97 Å². The number of rotatable bonds is 3. The second-order valence-electron chi connectivity index (χ2n) is 3.86. The summed E-state index contributed by atoms with van der Waals surface area (Å²) in [4.78, 5) is 7.47. The van der Waals surface area contributed by atoms with E-state index in [2.05, 4.69) is 9.97 Å². The van der Waals surface area contributed by atoms with Gasteiger partial charge in [0.1, 0.15) is 10.0 Å². The summed E-state index contributed by atoms with van der Waals surface area (Å²) in [6, 6.07) is 0. The van der Waals surface area contributed by atoms with Crippen LogP contribution in [0.5, 0.6) is 0 Å². The highest BCUT2D eigenvalue weighted by atomic mass is 35.5. The Morgan fingerprint density at radius 2 is 2.28 bits per heavy atom. The van der Waals surface area contributed by atoms with Crippen LogP contribution in [0.1, 0.15) is 5.56 Å². The number of halogens is 2. The monoisotopic (exact) mass is 302 g/mol. The summed E-state index contributed by atoms with van der Waals surface area (Å²) in [6.07, 6.45) is 10.8. The lowest BCUT2D eigenvalue weighted by atomic mass is 9.84. The standard InChI is InChI=1S/C12H12Cl2N2OS/c1-18-11-15-6-9(10(13)16-11)12(14)5-3-2-4-8(12)7-17/h2-6,8,17H,7H2,1H3. The molecule has 6 heteroatoms. The maximum atomic E-state index is 9.42. The average molecular weight is 303 g/mol. The van der Waals surface area contributed by atoms with E-state index in [9.17, 15) is 5.11 Å². The first-order valence-electron chi connectivity index (χ1n) is 5.34. The van der Waals surface area contributed by atoms with Crippen molar-refractivity contribution in [2.24, 2.45) is 5.92 Å². The number of hydrogen-bond acceptors (Lipinski definition) is 4. The third-order valence-corrected chi connectivity index (χ3v) is 4.30. The van der Waals surface area contributed by atoms with Gasteiger partial charge >= 0.3 is 0 Å². The van der Waals surface area contributed by atoms with Gasteiger partial charge in [0.2, 0.25) is 0 Å². The van der Waals surface area contributed by atoms with Gasteiger partial charge in [0.05, 0.1) is 6.61 Å². The van der Waals surface area contributed by atoms with Crippen LogP contribution in [0.15, 0.2) is 35.7 Å². The van der Waals surface area contributed by atoms with Crippen molar-refractivity contribution in [3.63, 3.8) is 0 Å². The highest BCUT2D eigenvalue weighted by Gasteiger charge is 2.38. The molecule has 1 aliphatic carbocycles. The number of nitrogens with zero attached hydrogens (tertiary/aromatic N) is 2. The lowest BCUT2D eigenvalue weighted by Gasteiger charge is -2.32. The second kappa shape index (κ2) is 5.61. The molecule has 96 valence electrons. The van der Waals surface area contributed by atoms with Gasteiger partial charge < -0.3 is 5.11 Å². The van der Waals surface area contributed by atoms with Crippen molar-refractivity contribution in [1.82, 2.24) is 9.97 Å². The van der Waals surface area contributed by atoms with Crippen LogP contribution in [-0.4, -0.2) is 27.9 Å². The number of alkyl halides is 1. The average Bonchev–Trinajstić information content (AvgIpc) is 2.38. The number of aliphatic hydroxyl groups is 1. The van der Waals surface area contributed by atoms with E-state index >= 15 is 0 Å². The van der Waals surface area contributed by atoms with Crippen molar-refractivity contribution >= 4 is 35.0 Å². The van der Waals surface area contributed by atoms with Crippen LogP contribution in [0.2, 0.25) is 5.15 Å². The normalized spacial score (nSPS) is 26.6. The molecule has 2 unspecified atom stereocenters. The van der Waals surface area contributed by atoms with Crippen LogP contribution in [0, 0.1) is 5.92 Å². The Morgan fingerprint density at radius 3 is 2.89 bits per heavy atom. The minimum absolute atomic E-state index is 0.0645. The van der Waals surface area contributed by atoms with Crippen molar-refractivity contribution in [2.75, 3.05) is 12.9 Å². The molecule has 2 rings (SSSR count). The molecule has 1 aliphatic rings. The van der Waals surface area contributed by atoms with E-state index < -0.39 is 4.87 Å². The van der Waals surface area contributed by atoms with Gasteiger partial charge in [0.15, 0.2) is 5.16 Å². The summed E-state index contributed by atoms with van der Waals surface area (Å²) in [5, 5.41) is 10.3. The molecule has 18 heavy (non-hydrogen) atoms. The molecule has 3 nitrogen and oxygen atoms in total. The van der Waals surface area contributed by atoms with E-state index in [4.69, 9.17) is 23.2 Å². The minimum atomic E-state index is -0.891. The summed E-state index contributed by atoms with van der Waals surface area (Å²) in [7, 11) is 0. The summed E-state index contributed by atoms with van der Waals surface area (Å²) < 4.78 is 0. The van der Waals surface area contributed by atoms with Gasteiger partial charge in [-0.3, -0.25) is 0 Å². The fraction of sp³-hybridized carbons (Fsp3) is 0.333. The number of aliphatic hydroxyl groups excluding tert-OH is 1. The van der Waals surface area contributed by atoms with E-state index in [-0.39, 0.29) is 12.5 Å². The van der Waals surface area contributed by atoms with E-state index in [1.807, 2.05) is 24.5 Å². The molecule has 1 N–H and O–H groups in total. The zero-order valence-corrected chi connectivity index (χ0v) is 12.0. The number of hydrogen-bond donors (Lipinski definition) is 1. The Balaban J connectivity index is 2.46. The summed E-state index contributed by atoms with van der Waals surface area (Å²) in [6.45, 7) is -0.0645. The van der Waals surface area contributed by atoms with Gasteiger partial charge in [0.25, 0.3) is 0 Å². The molecule has 1 heterocycles. The fourth-order valence-corrected chi connectivity index (χ4v) is 2.92. The van der Waals surface area contributed by atoms with Gasteiger partial charge in [-0.05, 0) is 6.26 Å². The number of aromatic nitrogens is 2. The van der Waals surface area contributed by atoms with Crippen molar-refractivity contribution in [3.05, 3.63) is 41.2 Å². The lowest BCUT2D eigenvalue weighted by molar-refractivity contribution is 0.232. The zero-order valence-electron chi connectivity index (χ0n) is 9.68. The van der Waals surface area contributed by atoms with Crippen LogP contribution in [-0.2, 0) is 4.87 Å². The van der Waals surface area contributed by atoms with E-state index in [0.29, 0.717) is 15.9 Å². The van der Waals surface area contributed by atoms with E-state index in [1.54, 1.807) is 12.3 Å². The van der Waals surface area contributed by atoms with Crippen LogP contribution in [0.25, 0.3) is 0 Å². The first-order valence-corrected chi connectivity index (χ1v) is 7.32. The quantitative estimate of drug-likeness (QED) is 0.403. The van der Waals surface area contributed by atoms with E-state index in [1.165, 1.54) is 11.8 Å². The van der Waals surface area contributed by atoms with E-state index in [0.717, 1.165) is 0 Å². The highest BCUT2D eigenvalue weighted by Crippen LogP contribution is 2.43. The van der Waals surface area contributed by atoms with Crippen molar-refractivity contribution in [1.29, 1.82) is 0 Å².